The van der Waals surface area contributed by atoms with Gasteiger partial charge in [-0.05, 0) is 36.0 Å². The zero-order chi connectivity index (χ0) is 12.0. The lowest BCUT2D eigenvalue weighted by Gasteiger charge is -2.21. The molecule has 90 valence electrons. The maximum atomic E-state index is 5.66. The number of pyridine rings is 1. The van der Waals surface area contributed by atoms with Crippen molar-refractivity contribution in [2.24, 2.45) is 11.8 Å². The minimum Gasteiger partial charge on any atom is -0.271 e. The van der Waals surface area contributed by atoms with Crippen LogP contribution in [-0.2, 0) is 6.42 Å². The molecule has 1 aromatic rings. The van der Waals surface area contributed by atoms with Crippen LogP contribution in [0.2, 0.25) is 0 Å². The smallest absolute Gasteiger partial charge is 0.0466 e. The van der Waals surface area contributed by atoms with Gasteiger partial charge in [-0.1, -0.05) is 27.2 Å². The van der Waals surface area contributed by atoms with Crippen molar-refractivity contribution in [3.63, 3.8) is 0 Å². The van der Waals surface area contributed by atoms with Crippen molar-refractivity contribution in [3.05, 3.63) is 29.6 Å². The third-order valence-corrected chi connectivity index (χ3v) is 3.23. The number of rotatable bonds is 6. The Labute approximate surface area is 98.4 Å². The van der Waals surface area contributed by atoms with E-state index in [4.69, 9.17) is 5.84 Å². The molecule has 0 bridgehead atoms. The van der Waals surface area contributed by atoms with Crippen LogP contribution in [0.15, 0.2) is 18.5 Å². The minimum absolute atomic E-state index is 0.243. The maximum Gasteiger partial charge on any atom is 0.0466 e. The SMILES string of the molecule is CCc1cnccc1C(CC(C)CC)NN. The highest BCUT2D eigenvalue weighted by molar-refractivity contribution is 5.26. The van der Waals surface area contributed by atoms with Crippen LogP contribution in [0.4, 0.5) is 0 Å². The Hall–Kier alpha value is -0.930. The van der Waals surface area contributed by atoms with Crippen LogP contribution in [0, 0.1) is 5.92 Å². The van der Waals surface area contributed by atoms with E-state index in [0.29, 0.717) is 5.92 Å². The molecule has 3 N–H and O–H groups in total. The molecule has 0 amide bonds. The van der Waals surface area contributed by atoms with E-state index in [0.717, 1.165) is 12.8 Å². The number of aromatic nitrogens is 1. The van der Waals surface area contributed by atoms with E-state index in [2.05, 4.69) is 37.2 Å². The fourth-order valence-corrected chi connectivity index (χ4v) is 1.93. The fraction of sp³-hybridized carbons (Fsp3) is 0.615. The number of hydrogen-bond acceptors (Lipinski definition) is 3. The summed E-state index contributed by atoms with van der Waals surface area (Å²) < 4.78 is 0. The molecular weight excluding hydrogens is 198 g/mol. The summed E-state index contributed by atoms with van der Waals surface area (Å²) in [6, 6.07) is 2.32. The van der Waals surface area contributed by atoms with Crippen molar-refractivity contribution >= 4 is 0 Å². The molecular formula is C13H23N3. The Balaban J connectivity index is 2.85. The first-order chi connectivity index (χ1) is 7.72. The second-order valence-corrected chi connectivity index (χ2v) is 4.40. The van der Waals surface area contributed by atoms with Gasteiger partial charge in [0, 0.05) is 18.4 Å². The number of hydrogen-bond donors (Lipinski definition) is 2. The Morgan fingerprint density at radius 3 is 2.75 bits per heavy atom. The van der Waals surface area contributed by atoms with Crippen molar-refractivity contribution in [3.8, 4) is 0 Å². The summed E-state index contributed by atoms with van der Waals surface area (Å²) in [5.41, 5.74) is 5.51. The van der Waals surface area contributed by atoms with Gasteiger partial charge in [0.1, 0.15) is 0 Å². The van der Waals surface area contributed by atoms with E-state index in [9.17, 15) is 0 Å². The lowest BCUT2D eigenvalue weighted by molar-refractivity contribution is 0.406. The molecule has 3 nitrogen and oxygen atoms in total. The predicted molar refractivity (Wildman–Crippen MR) is 67.8 cm³/mol. The predicted octanol–water partition coefficient (Wildman–Crippen LogP) is 2.58. The van der Waals surface area contributed by atoms with E-state index >= 15 is 0 Å². The van der Waals surface area contributed by atoms with Crippen LogP contribution in [0.25, 0.3) is 0 Å². The first-order valence-electron chi connectivity index (χ1n) is 6.11. The summed E-state index contributed by atoms with van der Waals surface area (Å²) in [6.45, 7) is 6.63. The van der Waals surface area contributed by atoms with Crippen LogP contribution < -0.4 is 11.3 Å². The molecule has 0 aliphatic carbocycles. The number of nitrogens with one attached hydrogen (secondary N) is 1. The fourth-order valence-electron chi connectivity index (χ4n) is 1.93. The van der Waals surface area contributed by atoms with Gasteiger partial charge in [-0.3, -0.25) is 16.3 Å². The van der Waals surface area contributed by atoms with E-state index in [-0.39, 0.29) is 6.04 Å². The molecule has 1 heterocycles. The van der Waals surface area contributed by atoms with E-state index < -0.39 is 0 Å². The number of aryl methyl sites for hydroxylation is 1. The van der Waals surface area contributed by atoms with Crippen LogP contribution >= 0.6 is 0 Å². The zero-order valence-corrected chi connectivity index (χ0v) is 10.5. The van der Waals surface area contributed by atoms with E-state index in [1.165, 1.54) is 17.5 Å². The quantitative estimate of drug-likeness (QED) is 0.573. The lowest BCUT2D eigenvalue weighted by Crippen LogP contribution is -2.30. The van der Waals surface area contributed by atoms with Gasteiger partial charge < -0.3 is 0 Å². The van der Waals surface area contributed by atoms with Gasteiger partial charge in [0.15, 0.2) is 0 Å². The second-order valence-electron chi connectivity index (χ2n) is 4.40. The Morgan fingerprint density at radius 1 is 1.44 bits per heavy atom. The monoisotopic (exact) mass is 221 g/mol. The molecule has 0 aromatic carbocycles. The highest BCUT2D eigenvalue weighted by Crippen LogP contribution is 2.24. The van der Waals surface area contributed by atoms with Gasteiger partial charge >= 0.3 is 0 Å². The average Bonchev–Trinajstić information content (AvgIpc) is 2.35. The molecule has 0 saturated carbocycles. The first kappa shape index (κ1) is 13.1. The lowest BCUT2D eigenvalue weighted by atomic mass is 9.92. The van der Waals surface area contributed by atoms with Gasteiger partial charge in [-0.25, -0.2) is 0 Å². The molecule has 1 rings (SSSR count). The third-order valence-electron chi connectivity index (χ3n) is 3.23. The van der Waals surface area contributed by atoms with Crippen molar-refractivity contribution < 1.29 is 0 Å². The maximum absolute atomic E-state index is 5.66. The summed E-state index contributed by atoms with van der Waals surface area (Å²) in [5, 5.41) is 0. The molecule has 0 aliphatic heterocycles. The number of nitrogens with zero attached hydrogens (tertiary/aromatic N) is 1. The van der Waals surface area contributed by atoms with Crippen molar-refractivity contribution in [1.29, 1.82) is 0 Å². The highest BCUT2D eigenvalue weighted by Gasteiger charge is 2.15. The highest BCUT2D eigenvalue weighted by atomic mass is 15.2. The summed E-state index contributed by atoms with van der Waals surface area (Å²) in [4.78, 5) is 4.16. The van der Waals surface area contributed by atoms with Gasteiger partial charge in [-0.2, -0.15) is 0 Å². The molecule has 1 aromatic heterocycles. The molecule has 0 fully saturated rings. The van der Waals surface area contributed by atoms with Crippen molar-refractivity contribution in [2.45, 2.75) is 46.1 Å². The topological polar surface area (TPSA) is 50.9 Å². The van der Waals surface area contributed by atoms with Crippen LogP contribution in [-0.4, -0.2) is 4.98 Å². The standard InChI is InChI=1S/C13H23N3/c1-4-10(3)8-13(16-14)12-6-7-15-9-11(12)5-2/h6-7,9-10,13,16H,4-5,8,14H2,1-3H3. The molecule has 2 unspecified atom stereocenters. The molecule has 16 heavy (non-hydrogen) atoms. The first-order valence-corrected chi connectivity index (χ1v) is 6.11. The molecule has 0 spiro atoms. The number of hydrazine groups is 1. The molecule has 0 aliphatic rings. The van der Waals surface area contributed by atoms with Crippen molar-refractivity contribution in [2.75, 3.05) is 0 Å². The van der Waals surface area contributed by atoms with E-state index in [1.54, 1.807) is 0 Å². The third kappa shape index (κ3) is 3.29. The number of nitrogens with two attached hydrogens (primary N) is 1. The van der Waals surface area contributed by atoms with Gasteiger partial charge in [0.25, 0.3) is 0 Å². The molecule has 3 heteroatoms. The molecule has 0 radical (unpaired) electrons. The molecule has 2 atom stereocenters. The Morgan fingerprint density at radius 2 is 2.19 bits per heavy atom. The zero-order valence-electron chi connectivity index (χ0n) is 10.5. The van der Waals surface area contributed by atoms with Gasteiger partial charge in [0.05, 0.1) is 0 Å². The summed E-state index contributed by atoms with van der Waals surface area (Å²) >= 11 is 0. The second kappa shape index (κ2) is 6.61. The Kier molecular flexibility index (Phi) is 5.43. The summed E-state index contributed by atoms with van der Waals surface area (Å²) in [6.07, 6.45) is 7.04. The summed E-state index contributed by atoms with van der Waals surface area (Å²) in [7, 11) is 0. The Bertz CT molecular complexity index is 312. The van der Waals surface area contributed by atoms with E-state index in [1.807, 2.05) is 12.4 Å². The average molecular weight is 221 g/mol. The largest absolute Gasteiger partial charge is 0.271 e. The molecule has 0 saturated heterocycles. The van der Waals surface area contributed by atoms with Crippen LogP contribution in [0.3, 0.4) is 0 Å². The van der Waals surface area contributed by atoms with Crippen LogP contribution in [0.1, 0.15) is 50.8 Å². The van der Waals surface area contributed by atoms with Gasteiger partial charge in [-0.15, -0.1) is 0 Å². The van der Waals surface area contributed by atoms with Crippen LogP contribution in [0.5, 0.6) is 0 Å². The normalized spacial score (nSPS) is 14.8. The van der Waals surface area contributed by atoms with Gasteiger partial charge in [0.2, 0.25) is 0 Å². The summed E-state index contributed by atoms with van der Waals surface area (Å²) in [5.74, 6) is 6.34. The minimum atomic E-state index is 0.243. The van der Waals surface area contributed by atoms with Crippen molar-refractivity contribution in [1.82, 2.24) is 10.4 Å².